The van der Waals surface area contributed by atoms with Gasteiger partial charge in [0.15, 0.2) is 0 Å². The van der Waals surface area contributed by atoms with Crippen molar-refractivity contribution in [3.8, 4) is 5.75 Å². The van der Waals surface area contributed by atoms with Crippen molar-refractivity contribution in [3.05, 3.63) is 29.6 Å². The van der Waals surface area contributed by atoms with Crippen molar-refractivity contribution in [2.75, 3.05) is 13.1 Å². The molecule has 1 atom stereocenters. The standard InChI is InChI=1S/C16H22FNO3/c1-16(2,3)21-15(20)18-8-4-5-11(10-18)13-7-6-12(17)9-14(13)19/h6-7,9,11,19H,4-5,8,10H2,1-3H3. The number of halogens is 1. The third-order valence-corrected chi connectivity index (χ3v) is 3.51. The number of piperidine rings is 1. The Morgan fingerprint density at radius 3 is 2.76 bits per heavy atom. The van der Waals surface area contributed by atoms with Gasteiger partial charge in [-0.05, 0) is 45.2 Å². The van der Waals surface area contributed by atoms with Crippen LogP contribution in [0.25, 0.3) is 0 Å². The average Bonchev–Trinajstić information content (AvgIpc) is 2.37. The summed E-state index contributed by atoms with van der Waals surface area (Å²) in [6.45, 7) is 6.62. The molecule has 1 aliphatic heterocycles. The summed E-state index contributed by atoms with van der Waals surface area (Å²) in [5, 5.41) is 9.88. The molecule has 0 saturated carbocycles. The number of rotatable bonds is 1. The number of carbonyl (C=O) groups excluding carboxylic acids is 1. The van der Waals surface area contributed by atoms with Crippen LogP contribution in [0.4, 0.5) is 9.18 Å². The maximum Gasteiger partial charge on any atom is 0.410 e. The van der Waals surface area contributed by atoms with Gasteiger partial charge in [0.25, 0.3) is 0 Å². The molecule has 1 fully saturated rings. The van der Waals surface area contributed by atoms with Crippen molar-refractivity contribution in [3.63, 3.8) is 0 Å². The summed E-state index contributed by atoms with van der Waals surface area (Å²) in [5.41, 5.74) is 0.159. The highest BCUT2D eigenvalue weighted by molar-refractivity contribution is 5.68. The van der Waals surface area contributed by atoms with Crippen molar-refractivity contribution in [1.82, 2.24) is 4.90 Å². The topological polar surface area (TPSA) is 49.8 Å². The van der Waals surface area contributed by atoms with Gasteiger partial charge in [0.2, 0.25) is 0 Å². The minimum Gasteiger partial charge on any atom is -0.508 e. The van der Waals surface area contributed by atoms with Crippen molar-refractivity contribution in [2.45, 2.75) is 45.1 Å². The fraction of sp³-hybridized carbons (Fsp3) is 0.562. The number of nitrogens with zero attached hydrogens (tertiary/aromatic N) is 1. The summed E-state index contributed by atoms with van der Waals surface area (Å²) < 4.78 is 18.4. The van der Waals surface area contributed by atoms with E-state index in [4.69, 9.17) is 4.74 Å². The number of phenolic OH excluding ortho intramolecular Hbond substituents is 1. The van der Waals surface area contributed by atoms with E-state index in [1.807, 2.05) is 20.8 Å². The molecule has 116 valence electrons. The van der Waals surface area contributed by atoms with Crippen LogP contribution >= 0.6 is 0 Å². The first-order valence-corrected chi connectivity index (χ1v) is 7.22. The Morgan fingerprint density at radius 2 is 2.14 bits per heavy atom. The summed E-state index contributed by atoms with van der Waals surface area (Å²) >= 11 is 0. The quantitative estimate of drug-likeness (QED) is 0.860. The summed E-state index contributed by atoms with van der Waals surface area (Å²) in [5.74, 6) is -0.506. The van der Waals surface area contributed by atoms with Crippen molar-refractivity contribution >= 4 is 6.09 Å². The monoisotopic (exact) mass is 295 g/mol. The Balaban J connectivity index is 2.08. The second kappa shape index (κ2) is 5.92. The van der Waals surface area contributed by atoms with E-state index < -0.39 is 11.4 Å². The van der Waals surface area contributed by atoms with Gasteiger partial charge in [-0.25, -0.2) is 9.18 Å². The maximum absolute atomic E-state index is 13.1. The minimum atomic E-state index is -0.526. The molecule has 1 N–H and O–H groups in total. The molecule has 1 heterocycles. The van der Waals surface area contributed by atoms with Crippen LogP contribution in [-0.4, -0.2) is 34.8 Å². The highest BCUT2D eigenvalue weighted by atomic mass is 19.1. The number of benzene rings is 1. The van der Waals surface area contributed by atoms with Crippen LogP contribution in [-0.2, 0) is 4.74 Å². The minimum absolute atomic E-state index is 0.00636. The van der Waals surface area contributed by atoms with Crippen LogP contribution in [0.3, 0.4) is 0 Å². The lowest BCUT2D eigenvalue weighted by Gasteiger charge is -2.34. The van der Waals surface area contributed by atoms with Crippen LogP contribution in [0.1, 0.15) is 45.1 Å². The molecule has 0 aromatic heterocycles. The molecular formula is C16H22FNO3. The number of likely N-dealkylation sites (tertiary alicyclic amines) is 1. The van der Waals surface area contributed by atoms with Gasteiger partial charge in [-0.15, -0.1) is 0 Å². The Bertz CT molecular complexity index is 525. The van der Waals surface area contributed by atoms with Crippen LogP contribution in [0.2, 0.25) is 0 Å². The van der Waals surface area contributed by atoms with E-state index in [-0.39, 0.29) is 17.8 Å². The molecule has 1 amide bonds. The Labute approximate surface area is 124 Å². The van der Waals surface area contributed by atoms with Crippen LogP contribution < -0.4 is 0 Å². The van der Waals surface area contributed by atoms with Gasteiger partial charge in [-0.3, -0.25) is 0 Å². The van der Waals surface area contributed by atoms with Crippen molar-refractivity contribution < 1.29 is 19.0 Å². The zero-order valence-electron chi connectivity index (χ0n) is 12.7. The van der Waals surface area contributed by atoms with E-state index in [9.17, 15) is 14.3 Å². The van der Waals surface area contributed by atoms with E-state index >= 15 is 0 Å². The van der Waals surface area contributed by atoms with E-state index in [1.54, 1.807) is 11.0 Å². The molecule has 1 saturated heterocycles. The zero-order chi connectivity index (χ0) is 15.6. The van der Waals surface area contributed by atoms with E-state index in [1.165, 1.54) is 6.07 Å². The molecule has 5 heteroatoms. The molecule has 4 nitrogen and oxygen atoms in total. The third kappa shape index (κ3) is 4.09. The highest BCUT2D eigenvalue weighted by Gasteiger charge is 2.29. The second-order valence-corrected chi connectivity index (χ2v) is 6.47. The first kappa shape index (κ1) is 15.6. The molecular weight excluding hydrogens is 273 g/mol. The predicted molar refractivity (Wildman–Crippen MR) is 77.8 cm³/mol. The Morgan fingerprint density at radius 1 is 1.43 bits per heavy atom. The number of amides is 1. The fourth-order valence-electron chi connectivity index (χ4n) is 2.59. The van der Waals surface area contributed by atoms with Crippen LogP contribution in [0, 0.1) is 5.82 Å². The largest absolute Gasteiger partial charge is 0.508 e. The van der Waals surface area contributed by atoms with Gasteiger partial charge >= 0.3 is 6.09 Å². The number of hydrogen-bond donors (Lipinski definition) is 1. The summed E-state index contributed by atoms with van der Waals surface area (Å²) in [6, 6.07) is 4.04. The second-order valence-electron chi connectivity index (χ2n) is 6.47. The summed E-state index contributed by atoms with van der Waals surface area (Å²) in [7, 11) is 0. The van der Waals surface area contributed by atoms with E-state index in [0.717, 1.165) is 18.9 Å². The molecule has 21 heavy (non-hydrogen) atoms. The molecule has 0 aliphatic carbocycles. The van der Waals surface area contributed by atoms with Gasteiger partial charge in [0.1, 0.15) is 17.2 Å². The van der Waals surface area contributed by atoms with Crippen molar-refractivity contribution in [1.29, 1.82) is 0 Å². The first-order valence-electron chi connectivity index (χ1n) is 7.22. The smallest absolute Gasteiger partial charge is 0.410 e. The third-order valence-electron chi connectivity index (χ3n) is 3.51. The normalized spacial score (nSPS) is 19.4. The number of hydrogen-bond acceptors (Lipinski definition) is 3. The highest BCUT2D eigenvalue weighted by Crippen LogP contribution is 2.33. The van der Waals surface area contributed by atoms with Gasteiger partial charge < -0.3 is 14.7 Å². The molecule has 1 aliphatic rings. The van der Waals surface area contributed by atoms with Gasteiger partial charge in [0, 0.05) is 25.1 Å². The molecule has 1 aromatic rings. The Kier molecular flexibility index (Phi) is 4.40. The van der Waals surface area contributed by atoms with Crippen LogP contribution in [0.5, 0.6) is 5.75 Å². The number of carbonyl (C=O) groups is 1. The SMILES string of the molecule is CC(C)(C)OC(=O)N1CCCC(c2ccc(F)cc2O)C1. The lowest BCUT2D eigenvalue weighted by Crippen LogP contribution is -2.42. The molecule has 0 radical (unpaired) electrons. The first-order chi connectivity index (χ1) is 9.76. The molecule has 0 bridgehead atoms. The predicted octanol–water partition coefficient (Wildman–Crippen LogP) is 3.65. The number of aromatic hydroxyl groups is 1. The lowest BCUT2D eigenvalue weighted by atomic mass is 9.90. The Hall–Kier alpha value is -1.78. The lowest BCUT2D eigenvalue weighted by molar-refractivity contribution is 0.0197. The van der Waals surface area contributed by atoms with E-state index in [2.05, 4.69) is 0 Å². The fourth-order valence-corrected chi connectivity index (χ4v) is 2.59. The molecule has 1 aromatic carbocycles. The van der Waals surface area contributed by atoms with E-state index in [0.29, 0.717) is 18.7 Å². The number of phenols is 1. The summed E-state index contributed by atoms with van der Waals surface area (Å²) in [6.07, 6.45) is 1.35. The van der Waals surface area contributed by atoms with Gasteiger partial charge in [0.05, 0.1) is 0 Å². The summed E-state index contributed by atoms with van der Waals surface area (Å²) in [4.78, 5) is 13.8. The molecule has 2 rings (SSSR count). The molecule has 0 spiro atoms. The van der Waals surface area contributed by atoms with Gasteiger partial charge in [-0.1, -0.05) is 6.07 Å². The molecule has 1 unspecified atom stereocenters. The zero-order valence-corrected chi connectivity index (χ0v) is 12.7. The van der Waals surface area contributed by atoms with Crippen LogP contribution in [0.15, 0.2) is 18.2 Å². The maximum atomic E-state index is 13.1. The van der Waals surface area contributed by atoms with Gasteiger partial charge in [-0.2, -0.15) is 0 Å². The van der Waals surface area contributed by atoms with Crippen molar-refractivity contribution in [2.24, 2.45) is 0 Å². The average molecular weight is 295 g/mol. The number of ether oxygens (including phenoxy) is 1.